The lowest BCUT2D eigenvalue weighted by Crippen LogP contribution is -2.34. The summed E-state index contributed by atoms with van der Waals surface area (Å²) >= 11 is 0. The molecule has 3 heteroatoms. The first-order valence-electron chi connectivity index (χ1n) is 5.76. The van der Waals surface area contributed by atoms with Crippen LogP contribution in [0.15, 0.2) is 28.9 Å². The second-order valence-electron chi connectivity index (χ2n) is 4.42. The van der Waals surface area contributed by atoms with Crippen molar-refractivity contribution in [3.8, 4) is 5.75 Å². The topological polar surface area (TPSA) is 45.4 Å². The normalized spacial score (nSPS) is 16.5. The lowest BCUT2D eigenvalue weighted by atomic mass is 9.93. The van der Waals surface area contributed by atoms with Crippen molar-refractivity contribution in [3.63, 3.8) is 0 Å². The Hall–Kier alpha value is -1.48. The zero-order chi connectivity index (χ0) is 11.0. The van der Waals surface area contributed by atoms with Crippen LogP contribution in [0.5, 0.6) is 5.75 Å². The maximum atomic E-state index is 9.79. The monoisotopic (exact) mass is 217 g/mol. The van der Waals surface area contributed by atoms with Crippen molar-refractivity contribution in [1.29, 1.82) is 0 Å². The number of nitrogens with one attached hydrogen (secondary N) is 1. The summed E-state index contributed by atoms with van der Waals surface area (Å²) in [5, 5.41) is 14.1. The molecule has 1 saturated carbocycles. The lowest BCUT2D eigenvalue weighted by molar-refractivity contribution is 0.338. The van der Waals surface area contributed by atoms with Crippen molar-refractivity contribution >= 4 is 11.0 Å². The van der Waals surface area contributed by atoms with Gasteiger partial charge in [0.1, 0.15) is 11.3 Å². The first-order valence-corrected chi connectivity index (χ1v) is 5.76. The first-order chi connectivity index (χ1) is 7.84. The van der Waals surface area contributed by atoms with Gasteiger partial charge in [-0.1, -0.05) is 12.5 Å². The Morgan fingerprint density at radius 3 is 3.00 bits per heavy atom. The highest BCUT2D eigenvalue weighted by Crippen LogP contribution is 2.30. The van der Waals surface area contributed by atoms with Gasteiger partial charge in [-0.2, -0.15) is 0 Å². The Kier molecular flexibility index (Phi) is 2.33. The summed E-state index contributed by atoms with van der Waals surface area (Å²) in [6, 6.07) is 6.02. The molecule has 1 aromatic carbocycles. The zero-order valence-corrected chi connectivity index (χ0v) is 9.07. The molecule has 0 spiro atoms. The van der Waals surface area contributed by atoms with Gasteiger partial charge in [0.25, 0.3) is 0 Å². The average Bonchev–Trinajstić information content (AvgIpc) is 2.61. The van der Waals surface area contributed by atoms with Gasteiger partial charge in [0.2, 0.25) is 0 Å². The summed E-state index contributed by atoms with van der Waals surface area (Å²) in [5.41, 5.74) is 1.80. The Balaban J connectivity index is 1.85. The van der Waals surface area contributed by atoms with E-state index in [1.54, 1.807) is 18.4 Å². The van der Waals surface area contributed by atoms with Crippen molar-refractivity contribution in [3.05, 3.63) is 30.0 Å². The Morgan fingerprint density at radius 2 is 2.25 bits per heavy atom. The van der Waals surface area contributed by atoms with E-state index in [2.05, 4.69) is 5.32 Å². The number of hydrogen-bond donors (Lipinski definition) is 2. The van der Waals surface area contributed by atoms with Gasteiger partial charge in [0, 0.05) is 18.2 Å². The Bertz CT molecular complexity index is 500. The van der Waals surface area contributed by atoms with Gasteiger partial charge in [-0.15, -0.1) is 0 Å². The van der Waals surface area contributed by atoms with Gasteiger partial charge in [-0.3, -0.25) is 0 Å². The van der Waals surface area contributed by atoms with Gasteiger partial charge in [0.05, 0.1) is 11.6 Å². The van der Waals surface area contributed by atoms with Crippen LogP contribution >= 0.6 is 0 Å². The molecule has 1 aromatic heterocycles. The number of fused-ring (bicyclic) bond motifs is 1. The summed E-state index contributed by atoms with van der Waals surface area (Å²) in [6.07, 6.45) is 5.59. The van der Waals surface area contributed by atoms with E-state index in [-0.39, 0.29) is 0 Å². The highest BCUT2D eigenvalue weighted by Gasteiger charge is 2.17. The number of hydrogen-bond acceptors (Lipinski definition) is 3. The van der Waals surface area contributed by atoms with E-state index in [9.17, 15) is 5.11 Å². The maximum absolute atomic E-state index is 9.79. The van der Waals surface area contributed by atoms with E-state index < -0.39 is 0 Å². The molecule has 0 unspecified atom stereocenters. The van der Waals surface area contributed by atoms with Gasteiger partial charge >= 0.3 is 0 Å². The van der Waals surface area contributed by atoms with Crippen LogP contribution in [0, 0.1) is 0 Å². The minimum absolute atomic E-state index is 0.302. The Labute approximate surface area is 94.1 Å². The molecule has 0 amide bonds. The van der Waals surface area contributed by atoms with Crippen molar-refractivity contribution in [2.75, 3.05) is 0 Å². The molecule has 1 aliphatic rings. The third-order valence-electron chi connectivity index (χ3n) is 3.34. The molecular formula is C13H15NO2. The molecule has 0 bridgehead atoms. The molecule has 16 heavy (non-hydrogen) atoms. The van der Waals surface area contributed by atoms with Crippen LogP contribution in [0.2, 0.25) is 0 Å². The van der Waals surface area contributed by atoms with Gasteiger partial charge in [0.15, 0.2) is 0 Å². The number of furan rings is 1. The van der Waals surface area contributed by atoms with E-state index in [1.807, 2.05) is 6.07 Å². The summed E-state index contributed by atoms with van der Waals surface area (Å²) in [5.74, 6) is 0.302. The number of aromatic hydroxyl groups is 1. The Morgan fingerprint density at radius 1 is 1.38 bits per heavy atom. The summed E-state index contributed by atoms with van der Waals surface area (Å²) < 4.78 is 5.41. The fourth-order valence-corrected chi connectivity index (χ4v) is 2.13. The molecule has 3 nitrogen and oxygen atoms in total. The second-order valence-corrected chi connectivity index (χ2v) is 4.42. The van der Waals surface area contributed by atoms with E-state index in [1.165, 1.54) is 19.3 Å². The van der Waals surface area contributed by atoms with Gasteiger partial charge in [-0.25, -0.2) is 0 Å². The van der Waals surface area contributed by atoms with Crippen LogP contribution in [0.3, 0.4) is 0 Å². The van der Waals surface area contributed by atoms with Crippen molar-refractivity contribution in [1.82, 2.24) is 5.32 Å². The molecule has 0 atom stereocenters. The van der Waals surface area contributed by atoms with E-state index in [4.69, 9.17) is 4.42 Å². The largest absolute Gasteiger partial charge is 0.507 e. The van der Waals surface area contributed by atoms with Crippen molar-refractivity contribution < 1.29 is 9.52 Å². The minimum Gasteiger partial charge on any atom is -0.507 e. The first kappa shape index (κ1) is 9.73. The second kappa shape index (κ2) is 3.83. The fourth-order valence-electron chi connectivity index (χ4n) is 2.13. The molecule has 1 aliphatic carbocycles. The number of phenolic OH excluding ortho intramolecular Hbond substituents is 1. The van der Waals surface area contributed by atoms with Crippen LogP contribution in [0.1, 0.15) is 24.8 Å². The smallest absolute Gasteiger partial charge is 0.137 e. The molecule has 2 N–H and O–H groups in total. The standard InChI is InChI=1S/C13H15NO2/c15-11-5-2-6-12-13(11)9(8-16-12)7-14-10-3-1-4-10/h2,5-6,8,10,14-15H,1,3-4,7H2. The predicted molar refractivity (Wildman–Crippen MR) is 62.4 cm³/mol. The molecule has 3 rings (SSSR count). The third-order valence-corrected chi connectivity index (χ3v) is 3.34. The third kappa shape index (κ3) is 1.57. The molecule has 1 fully saturated rings. The number of benzene rings is 1. The number of phenols is 1. The molecule has 0 saturated heterocycles. The van der Waals surface area contributed by atoms with Gasteiger partial charge < -0.3 is 14.8 Å². The summed E-state index contributed by atoms with van der Waals surface area (Å²) in [6.45, 7) is 0.773. The fraction of sp³-hybridized carbons (Fsp3) is 0.385. The number of rotatable bonds is 3. The molecule has 84 valence electrons. The maximum Gasteiger partial charge on any atom is 0.137 e. The van der Waals surface area contributed by atoms with Crippen molar-refractivity contribution in [2.45, 2.75) is 31.8 Å². The predicted octanol–water partition coefficient (Wildman–Crippen LogP) is 2.78. The summed E-state index contributed by atoms with van der Waals surface area (Å²) in [7, 11) is 0. The SMILES string of the molecule is Oc1cccc2occ(CNC3CCC3)c12. The molecule has 2 aromatic rings. The van der Waals surface area contributed by atoms with Crippen LogP contribution in [-0.2, 0) is 6.54 Å². The summed E-state index contributed by atoms with van der Waals surface area (Å²) in [4.78, 5) is 0. The quantitative estimate of drug-likeness (QED) is 0.831. The lowest BCUT2D eigenvalue weighted by Gasteiger charge is -2.26. The highest BCUT2D eigenvalue weighted by atomic mass is 16.3. The molecule has 0 aliphatic heterocycles. The van der Waals surface area contributed by atoms with Crippen molar-refractivity contribution in [2.24, 2.45) is 0 Å². The molecule has 0 radical (unpaired) electrons. The van der Waals surface area contributed by atoms with Gasteiger partial charge in [-0.05, 0) is 25.0 Å². The van der Waals surface area contributed by atoms with E-state index >= 15 is 0 Å². The van der Waals surface area contributed by atoms with E-state index in [0.29, 0.717) is 11.8 Å². The molecular weight excluding hydrogens is 202 g/mol. The minimum atomic E-state index is 0.302. The van der Waals surface area contributed by atoms with E-state index in [0.717, 1.165) is 23.1 Å². The average molecular weight is 217 g/mol. The van der Waals surface area contributed by atoms with Crippen LogP contribution in [0.25, 0.3) is 11.0 Å². The highest BCUT2D eigenvalue weighted by molar-refractivity contribution is 5.87. The molecule has 1 heterocycles. The van der Waals surface area contributed by atoms with Crippen LogP contribution < -0.4 is 5.32 Å². The zero-order valence-electron chi connectivity index (χ0n) is 9.07. The van der Waals surface area contributed by atoms with Crippen LogP contribution in [0.4, 0.5) is 0 Å². The van der Waals surface area contributed by atoms with Crippen LogP contribution in [-0.4, -0.2) is 11.1 Å².